The minimum Gasteiger partial charge on any atom is -0.462 e. The van der Waals surface area contributed by atoms with E-state index in [9.17, 15) is 43.2 Å². The van der Waals surface area contributed by atoms with Crippen LogP contribution in [0.5, 0.6) is 0 Å². The minimum atomic E-state index is -4.96. The third-order valence-electron chi connectivity index (χ3n) is 17.4. The van der Waals surface area contributed by atoms with Gasteiger partial charge in [-0.15, -0.1) is 0 Å². The first-order valence-electron chi connectivity index (χ1n) is 38.8. The highest BCUT2D eigenvalue weighted by Crippen LogP contribution is 2.45. The molecule has 0 spiro atoms. The summed E-state index contributed by atoms with van der Waals surface area (Å²) in [5.74, 6) is 0.166. The number of aliphatic hydroxyl groups excluding tert-OH is 1. The maximum atomic E-state index is 13.1. The maximum absolute atomic E-state index is 13.1. The molecule has 94 heavy (non-hydrogen) atoms. The van der Waals surface area contributed by atoms with Crippen molar-refractivity contribution in [2.24, 2.45) is 17.8 Å². The van der Waals surface area contributed by atoms with E-state index in [1.165, 1.54) is 193 Å². The number of unbranched alkanes of at least 4 members (excludes halogenated alkanes) is 41. The molecule has 0 saturated carbocycles. The minimum absolute atomic E-state index is 0.103. The normalized spacial score (nSPS) is 14.1. The summed E-state index contributed by atoms with van der Waals surface area (Å²) in [5.41, 5.74) is 0. The Bertz CT molecular complexity index is 1840. The number of ether oxygens (including phenoxy) is 4. The highest BCUT2D eigenvalue weighted by molar-refractivity contribution is 7.47. The second kappa shape index (κ2) is 65.7. The van der Waals surface area contributed by atoms with E-state index in [1.54, 1.807) is 0 Å². The molecular weight excluding hydrogens is 1230 g/mol. The van der Waals surface area contributed by atoms with Crippen LogP contribution in [0.2, 0.25) is 0 Å². The lowest BCUT2D eigenvalue weighted by molar-refractivity contribution is -0.161. The summed E-state index contributed by atoms with van der Waals surface area (Å²) >= 11 is 0. The Hall–Kier alpha value is -1.94. The SMILES string of the molecule is CCCCCCCCCCCCC(=O)OC[C@H](COP(=O)(O)OC[C@H](O)COP(=O)(O)OC[C@@H](COC(=O)CCCCCCCCCCCCCCC(C)C)OC(=O)CCCCCCCCCCCCCCCCCCC(C)C)OC(=O)CCCCCCCCCC(C)C. The van der Waals surface area contributed by atoms with Crippen LogP contribution in [0.15, 0.2) is 0 Å². The number of rotatable bonds is 73. The number of hydrogen-bond donors (Lipinski definition) is 3. The van der Waals surface area contributed by atoms with E-state index in [0.717, 1.165) is 102 Å². The molecule has 0 fully saturated rings. The standard InChI is InChI=1S/C75H146O17P2/c1-8-9-10-11-12-13-28-35-42-49-56-72(77)85-63-71(92-75(80)59-52-45-38-31-34-41-48-55-68(6)7)65-90-94(83,84)88-61-69(76)60-87-93(81,82)89-64-70(62-86-73(78)57-50-43-36-29-24-21-20-23-27-33-40-47-54-67(4)5)91-74(79)58-51-44-37-30-25-19-17-15-14-16-18-22-26-32-39-46-53-66(2)3/h66-71,76H,8-65H2,1-7H3,(H,81,82)(H,83,84)/t69-,70-,71-/m1/s1. The molecule has 3 N–H and O–H groups in total. The van der Waals surface area contributed by atoms with Gasteiger partial charge in [0, 0.05) is 25.7 Å². The van der Waals surface area contributed by atoms with Gasteiger partial charge in [-0.2, -0.15) is 0 Å². The molecule has 0 amide bonds. The Morgan fingerprint density at radius 3 is 0.723 bits per heavy atom. The summed E-state index contributed by atoms with van der Waals surface area (Å²) in [6.45, 7) is 11.9. The van der Waals surface area contributed by atoms with Crippen molar-refractivity contribution in [1.29, 1.82) is 0 Å². The van der Waals surface area contributed by atoms with Crippen LogP contribution in [0.4, 0.5) is 0 Å². The Morgan fingerprint density at radius 1 is 0.287 bits per heavy atom. The zero-order chi connectivity index (χ0) is 69.4. The molecule has 0 aliphatic heterocycles. The maximum Gasteiger partial charge on any atom is 0.472 e. The van der Waals surface area contributed by atoms with Gasteiger partial charge in [-0.3, -0.25) is 37.3 Å². The predicted octanol–water partition coefficient (Wildman–Crippen LogP) is 21.8. The molecule has 558 valence electrons. The van der Waals surface area contributed by atoms with Gasteiger partial charge in [-0.25, -0.2) is 9.13 Å². The second-order valence-corrected chi connectivity index (χ2v) is 31.4. The number of aliphatic hydroxyl groups is 1. The fraction of sp³-hybridized carbons (Fsp3) is 0.947. The predicted molar refractivity (Wildman–Crippen MR) is 381 cm³/mol. The monoisotopic (exact) mass is 1380 g/mol. The summed E-state index contributed by atoms with van der Waals surface area (Å²) in [6, 6.07) is 0. The van der Waals surface area contributed by atoms with E-state index in [1.807, 2.05) is 0 Å². The lowest BCUT2D eigenvalue weighted by Gasteiger charge is -2.21. The average Bonchev–Trinajstić information content (AvgIpc) is 1.19. The van der Waals surface area contributed by atoms with Gasteiger partial charge < -0.3 is 33.8 Å². The zero-order valence-corrected chi connectivity index (χ0v) is 63.2. The molecular formula is C75H146O17P2. The van der Waals surface area contributed by atoms with Crippen LogP contribution in [0.3, 0.4) is 0 Å². The quantitative estimate of drug-likeness (QED) is 0.0222. The molecule has 0 aromatic carbocycles. The average molecular weight is 1380 g/mol. The molecule has 2 unspecified atom stereocenters. The van der Waals surface area contributed by atoms with Crippen LogP contribution >= 0.6 is 15.6 Å². The molecule has 0 heterocycles. The second-order valence-electron chi connectivity index (χ2n) is 28.5. The molecule has 17 nitrogen and oxygen atoms in total. The van der Waals surface area contributed by atoms with Crippen molar-refractivity contribution in [2.45, 2.75) is 401 Å². The van der Waals surface area contributed by atoms with E-state index in [4.69, 9.17) is 37.0 Å². The van der Waals surface area contributed by atoms with Crippen LogP contribution in [0.25, 0.3) is 0 Å². The smallest absolute Gasteiger partial charge is 0.462 e. The van der Waals surface area contributed by atoms with Crippen LogP contribution in [-0.2, 0) is 65.4 Å². The lowest BCUT2D eigenvalue weighted by Crippen LogP contribution is -2.30. The highest BCUT2D eigenvalue weighted by Gasteiger charge is 2.30. The van der Waals surface area contributed by atoms with Crippen molar-refractivity contribution < 1.29 is 80.2 Å². The molecule has 19 heteroatoms. The van der Waals surface area contributed by atoms with Crippen molar-refractivity contribution >= 4 is 39.5 Å². The van der Waals surface area contributed by atoms with Crippen LogP contribution in [0.1, 0.15) is 382 Å². The molecule has 0 saturated heterocycles. The number of hydrogen-bond acceptors (Lipinski definition) is 15. The first kappa shape index (κ1) is 92.1. The summed E-state index contributed by atoms with van der Waals surface area (Å²) in [5, 5.41) is 10.6. The van der Waals surface area contributed by atoms with Gasteiger partial charge in [0.05, 0.1) is 26.4 Å². The van der Waals surface area contributed by atoms with Gasteiger partial charge in [0.15, 0.2) is 12.2 Å². The number of phosphoric acid groups is 2. The number of carbonyl (C=O) groups is 4. The lowest BCUT2D eigenvalue weighted by atomic mass is 10.0. The van der Waals surface area contributed by atoms with Crippen LogP contribution in [-0.4, -0.2) is 96.7 Å². The zero-order valence-electron chi connectivity index (χ0n) is 61.4. The fourth-order valence-electron chi connectivity index (χ4n) is 11.4. The van der Waals surface area contributed by atoms with Crippen LogP contribution in [0, 0.1) is 17.8 Å². The van der Waals surface area contributed by atoms with Crippen molar-refractivity contribution in [1.82, 2.24) is 0 Å². The van der Waals surface area contributed by atoms with Crippen LogP contribution < -0.4 is 0 Å². The summed E-state index contributed by atoms with van der Waals surface area (Å²) in [7, 11) is -9.91. The summed E-state index contributed by atoms with van der Waals surface area (Å²) < 4.78 is 68.4. The van der Waals surface area contributed by atoms with Gasteiger partial charge in [0.25, 0.3) is 0 Å². The molecule has 5 atom stereocenters. The van der Waals surface area contributed by atoms with Crippen molar-refractivity contribution in [2.75, 3.05) is 39.6 Å². The van der Waals surface area contributed by atoms with Crippen molar-refractivity contribution in [3.05, 3.63) is 0 Å². The summed E-state index contributed by atoms with van der Waals surface area (Å²) in [4.78, 5) is 72.7. The Labute approximate surface area is 575 Å². The van der Waals surface area contributed by atoms with Gasteiger partial charge in [-0.05, 0) is 43.4 Å². The Kier molecular flexibility index (Phi) is 64.3. The Morgan fingerprint density at radius 2 is 0.489 bits per heavy atom. The van der Waals surface area contributed by atoms with E-state index < -0.39 is 97.5 Å². The largest absolute Gasteiger partial charge is 0.472 e. The van der Waals surface area contributed by atoms with Gasteiger partial charge in [-0.1, -0.05) is 331 Å². The van der Waals surface area contributed by atoms with Crippen molar-refractivity contribution in [3.8, 4) is 0 Å². The van der Waals surface area contributed by atoms with E-state index in [-0.39, 0.29) is 25.7 Å². The Balaban J connectivity index is 5.22. The molecule has 0 aliphatic carbocycles. The number of phosphoric ester groups is 2. The molecule has 0 aromatic rings. The number of esters is 4. The van der Waals surface area contributed by atoms with Gasteiger partial charge in [0.2, 0.25) is 0 Å². The molecule has 0 rings (SSSR count). The van der Waals surface area contributed by atoms with Crippen molar-refractivity contribution in [3.63, 3.8) is 0 Å². The molecule has 0 aromatic heterocycles. The topological polar surface area (TPSA) is 237 Å². The van der Waals surface area contributed by atoms with E-state index in [2.05, 4.69) is 48.5 Å². The fourth-order valence-corrected chi connectivity index (χ4v) is 13.0. The third-order valence-corrected chi connectivity index (χ3v) is 19.3. The molecule has 0 bridgehead atoms. The van der Waals surface area contributed by atoms with E-state index >= 15 is 0 Å². The number of carbonyl (C=O) groups excluding carboxylic acids is 4. The third kappa shape index (κ3) is 68.6. The molecule has 0 radical (unpaired) electrons. The van der Waals surface area contributed by atoms with Gasteiger partial charge >= 0.3 is 39.5 Å². The first-order chi connectivity index (χ1) is 45.2. The first-order valence-corrected chi connectivity index (χ1v) is 41.8. The summed E-state index contributed by atoms with van der Waals surface area (Å²) in [6.07, 6.45) is 51.4. The van der Waals surface area contributed by atoms with Gasteiger partial charge in [0.1, 0.15) is 19.3 Å². The molecule has 0 aliphatic rings. The highest BCUT2D eigenvalue weighted by atomic mass is 31.2. The van der Waals surface area contributed by atoms with E-state index in [0.29, 0.717) is 31.6 Å².